The van der Waals surface area contributed by atoms with E-state index in [1.54, 1.807) is 36.0 Å². The lowest BCUT2D eigenvalue weighted by atomic mass is 10.1. The number of Topliss-reactive ketones (excluding diaryl/α,β-unsaturated/α-hetero) is 1. The van der Waals surface area contributed by atoms with E-state index in [-0.39, 0.29) is 23.5 Å². The molecule has 1 saturated heterocycles. The molecule has 0 N–H and O–H groups in total. The molecule has 0 bridgehead atoms. The average molecular weight is 357 g/mol. The predicted octanol–water partition coefficient (Wildman–Crippen LogP) is 3.96. The number of hydrogen-bond donors (Lipinski definition) is 0. The molecule has 2 aliphatic rings. The number of hydrogen-bond acceptors (Lipinski definition) is 4. The van der Waals surface area contributed by atoms with Gasteiger partial charge in [-0.2, -0.15) is 0 Å². The summed E-state index contributed by atoms with van der Waals surface area (Å²) in [5.41, 5.74) is 1.40. The van der Waals surface area contributed by atoms with Crippen LogP contribution in [0.4, 0.5) is 5.69 Å². The number of para-hydroxylation sites is 1. The van der Waals surface area contributed by atoms with Crippen LogP contribution in [0, 0.1) is 0 Å². The first-order valence-corrected chi connectivity index (χ1v) is 8.81. The van der Waals surface area contributed by atoms with Crippen LogP contribution in [0.3, 0.4) is 0 Å². The van der Waals surface area contributed by atoms with Gasteiger partial charge in [0.1, 0.15) is 5.84 Å². The van der Waals surface area contributed by atoms with Crippen molar-refractivity contribution < 1.29 is 9.59 Å². The molecule has 0 aromatic heterocycles. The van der Waals surface area contributed by atoms with Crippen LogP contribution in [-0.4, -0.2) is 34.2 Å². The van der Waals surface area contributed by atoms with Gasteiger partial charge >= 0.3 is 0 Å². The number of benzene rings is 2. The number of carbonyl (C=O) groups excluding carboxylic acids is 2. The summed E-state index contributed by atoms with van der Waals surface area (Å²) in [5, 5.41) is 0.568. The highest BCUT2D eigenvalue weighted by Crippen LogP contribution is 2.42. The number of rotatable bonds is 3. The zero-order valence-corrected chi connectivity index (χ0v) is 14.2. The molecule has 4 nitrogen and oxygen atoms in total. The van der Waals surface area contributed by atoms with E-state index in [4.69, 9.17) is 11.6 Å². The Bertz CT molecular complexity index is 864. The molecule has 1 fully saturated rings. The van der Waals surface area contributed by atoms with Gasteiger partial charge in [0, 0.05) is 21.9 Å². The Hall–Kier alpha value is -2.11. The Morgan fingerprint density at radius 3 is 2.75 bits per heavy atom. The molecule has 4 rings (SSSR count). The first-order valence-electron chi connectivity index (χ1n) is 7.55. The molecule has 0 unspecified atom stereocenters. The van der Waals surface area contributed by atoms with Gasteiger partial charge in [-0.3, -0.25) is 14.5 Å². The maximum Gasteiger partial charge on any atom is 0.229 e. The van der Waals surface area contributed by atoms with Gasteiger partial charge < -0.3 is 0 Å². The third kappa shape index (κ3) is 2.74. The van der Waals surface area contributed by atoms with Crippen molar-refractivity contribution in [2.24, 2.45) is 4.99 Å². The lowest BCUT2D eigenvalue weighted by molar-refractivity contribution is -0.125. The molecule has 1 amide bonds. The van der Waals surface area contributed by atoms with Crippen molar-refractivity contribution >= 4 is 46.6 Å². The number of amidine groups is 1. The summed E-state index contributed by atoms with van der Waals surface area (Å²) in [6.45, 7) is 0.0124. The quantitative estimate of drug-likeness (QED) is 0.782. The average Bonchev–Trinajstić information content (AvgIpc) is 2.88. The second kappa shape index (κ2) is 6.07. The third-order valence-electron chi connectivity index (χ3n) is 4.06. The van der Waals surface area contributed by atoms with Gasteiger partial charge in [-0.05, 0) is 36.4 Å². The van der Waals surface area contributed by atoms with Gasteiger partial charge in [0.25, 0.3) is 0 Å². The standard InChI is InChI=1S/C18H13ClN2O2S/c19-12-7-5-11(6-8-12)14(22)10-21-17(23)9-16-18(21)20-13-3-1-2-4-15(13)24-16/h1-8,16H,9-10H2/t16-/m1/s1. The molecular weight excluding hydrogens is 344 g/mol. The first kappa shape index (κ1) is 15.4. The summed E-state index contributed by atoms with van der Waals surface area (Å²) in [6, 6.07) is 14.5. The van der Waals surface area contributed by atoms with E-state index in [0.29, 0.717) is 22.8 Å². The van der Waals surface area contributed by atoms with E-state index >= 15 is 0 Å². The summed E-state index contributed by atoms with van der Waals surface area (Å²) >= 11 is 7.49. The summed E-state index contributed by atoms with van der Waals surface area (Å²) in [5.74, 6) is 0.514. The number of nitrogens with zero attached hydrogens (tertiary/aromatic N) is 2. The normalized spacial score (nSPS) is 18.9. The minimum absolute atomic E-state index is 0.00887. The number of carbonyl (C=O) groups is 2. The van der Waals surface area contributed by atoms with Crippen LogP contribution in [0.1, 0.15) is 16.8 Å². The van der Waals surface area contributed by atoms with Crippen LogP contribution in [0.2, 0.25) is 5.02 Å². The summed E-state index contributed by atoms with van der Waals surface area (Å²) in [6.07, 6.45) is 0.381. The highest BCUT2D eigenvalue weighted by atomic mass is 35.5. The van der Waals surface area contributed by atoms with Crippen LogP contribution < -0.4 is 0 Å². The predicted molar refractivity (Wildman–Crippen MR) is 95.3 cm³/mol. The molecule has 2 aromatic rings. The molecule has 1 atom stereocenters. The Labute approximate surface area is 148 Å². The Balaban J connectivity index is 1.61. The summed E-state index contributed by atoms with van der Waals surface area (Å²) in [7, 11) is 0. The number of aliphatic imine (C=N–C) groups is 1. The van der Waals surface area contributed by atoms with Gasteiger partial charge in [-0.25, -0.2) is 4.99 Å². The lowest BCUT2D eigenvalue weighted by Crippen LogP contribution is -2.36. The van der Waals surface area contributed by atoms with Crippen molar-refractivity contribution in [3.8, 4) is 0 Å². The fourth-order valence-corrected chi connectivity index (χ4v) is 4.19. The van der Waals surface area contributed by atoms with Crippen LogP contribution in [0.5, 0.6) is 0 Å². The largest absolute Gasteiger partial charge is 0.292 e. The molecule has 6 heteroatoms. The van der Waals surface area contributed by atoms with Crippen LogP contribution in [-0.2, 0) is 4.79 Å². The summed E-state index contributed by atoms with van der Waals surface area (Å²) < 4.78 is 0. The molecular formula is C18H13ClN2O2S. The van der Waals surface area contributed by atoms with Crippen molar-refractivity contribution in [1.82, 2.24) is 4.90 Å². The zero-order valence-electron chi connectivity index (χ0n) is 12.6. The highest BCUT2D eigenvalue weighted by molar-refractivity contribution is 8.01. The van der Waals surface area contributed by atoms with E-state index in [0.717, 1.165) is 10.6 Å². The molecule has 24 heavy (non-hydrogen) atoms. The maximum atomic E-state index is 12.5. The van der Waals surface area contributed by atoms with Crippen LogP contribution >= 0.6 is 23.4 Å². The Kier molecular flexibility index (Phi) is 3.90. The van der Waals surface area contributed by atoms with Gasteiger partial charge in [0.15, 0.2) is 5.78 Å². The van der Waals surface area contributed by atoms with E-state index in [2.05, 4.69) is 4.99 Å². The van der Waals surface area contributed by atoms with E-state index < -0.39 is 0 Å². The number of ketones is 1. The second-order valence-electron chi connectivity index (χ2n) is 5.66. The first-order chi connectivity index (χ1) is 11.6. The molecule has 120 valence electrons. The van der Waals surface area contributed by atoms with Crippen molar-refractivity contribution in [1.29, 1.82) is 0 Å². The molecule has 0 saturated carbocycles. The molecule has 0 radical (unpaired) electrons. The molecule has 2 heterocycles. The van der Waals surface area contributed by atoms with Crippen molar-refractivity contribution in [2.75, 3.05) is 6.54 Å². The van der Waals surface area contributed by atoms with E-state index in [1.807, 2.05) is 24.3 Å². The maximum absolute atomic E-state index is 12.5. The van der Waals surface area contributed by atoms with Gasteiger partial charge in [0.05, 0.1) is 17.5 Å². The molecule has 0 aliphatic carbocycles. The second-order valence-corrected chi connectivity index (χ2v) is 7.34. The number of amides is 1. The minimum Gasteiger partial charge on any atom is -0.292 e. The number of fused-ring (bicyclic) bond motifs is 2. The lowest BCUT2D eigenvalue weighted by Gasteiger charge is -2.22. The number of thioether (sulfide) groups is 1. The van der Waals surface area contributed by atoms with Crippen LogP contribution in [0.15, 0.2) is 58.4 Å². The molecule has 0 spiro atoms. The third-order valence-corrected chi connectivity index (χ3v) is 5.58. The Morgan fingerprint density at radius 2 is 1.96 bits per heavy atom. The number of likely N-dealkylation sites (tertiary alicyclic amines) is 1. The molecule has 2 aromatic carbocycles. The van der Waals surface area contributed by atoms with Gasteiger partial charge in [0.2, 0.25) is 5.91 Å². The van der Waals surface area contributed by atoms with Crippen molar-refractivity contribution in [2.45, 2.75) is 16.6 Å². The van der Waals surface area contributed by atoms with Gasteiger partial charge in [-0.15, -0.1) is 11.8 Å². The van der Waals surface area contributed by atoms with Crippen molar-refractivity contribution in [3.05, 3.63) is 59.1 Å². The number of halogens is 1. The monoisotopic (exact) mass is 356 g/mol. The van der Waals surface area contributed by atoms with Crippen molar-refractivity contribution in [3.63, 3.8) is 0 Å². The Morgan fingerprint density at radius 1 is 1.21 bits per heavy atom. The van der Waals surface area contributed by atoms with Gasteiger partial charge in [-0.1, -0.05) is 23.7 Å². The fraction of sp³-hybridized carbons (Fsp3) is 0.167. The topological polar surface area (TPSA) is 49.7 Å². The van der Waals surface area contributed by atoms with Crippen LogP contribution in [0.25, 0.3) is 0 Å². The fourth-order valence-electron chi connectivity index (χ4n) is 2.85. The smallest absolute Gasteiger partial charge is 0.229 e. The summed E-state index contributed by atoms with van der Waals surface area (Å²) in [4.78, 5) is 32.1. The van der Waals surface area contributed by atoms with E-state index in [9.17, 15) is 9.59 Å². The molecule has 2 aliphatic heterocycles. The SMILES string of the molecule is O=C(CN1C(=O)C[C@H]2Sc3ccccc3N=C21)c1ccc(Cl)cc1. The minimum atomic E-state index is -0.118. The zero-order chi connectivity index (χ0) is 16.7. The highest BCUT2D eigenvalue weighted by Gasteiger charge is 2.40. The van der Waals surface area contributed by atoms with E-state index in [1.165, 1.54) is 4.90 Å².